The number of sulfonamides is 1. The Morgan fingerprint density at radius 1 is 1.22 bits per heavy atom. The van der Waals surface area contributed by atoms with E-state index in [-0.39, 0.29) is 34.9 Å². The summed E-state index contributed by atoms with van der Waals surface area (Å²) in [5, 5.41) is 12.8. The van der Waals surface area contributed by atoms with Crippen molar-refractivity contribution in [3.8, 4) is 5.75 Å². The number of aliphatic hydroxyl groups is 1. The van der Waals surface area contributed by atoms with Crippen LogP contribution in [0.5, 0.6) is 5.75 Å². The zero-order valence-electron chi connectivity index (χ0n) is 15.2. The van der Waals surface area contributed by atoms with E-state index < -0.39 is 16.6 Å². The second kappa shape index (κ2) is 8.38. The van der Waals surface area contributed by atoms with E-state index in [1.54, 1.807) is 11.2 Å². The maximum absolute atomic E-state index is 13.1. The number of nitrogens with one attached hydrogen (secondary N) is 1. The van der Waals surface area contributed by atoms with Gasteiger partial charge in [0.15, 0.2) is 0 Å². The lowest BCUT2D eigenvalue weighted by Crippen LogP contribution is -2.51. The number of halogens is 2. The normalized spacial score (nSPS) is 27.1. The largest absolute Gasteiger partial charge is 0.435 e. The zero-order valence-corrected chi connectivity index (χ0v) is 16.0. The smallest absolute Gasteiger partial charge is 0.387 e. The van der Waals surface area contributed by atoms with E-state index in [0.29, 0.717) is 13.0 Å². The van der Waals surface area contributed by atoms with Gasteiger partial charge in [-0.1, -0.05) is 0 Å². The van der Waals surface area contributed by atoms with Gasteiger partial charge >= 0.3 is 6.61 Å². The van der Waals surface area contributed by atoms with Crippen molar-refractivity contribution in [2.24, 2.45) is 0 Å². The van der Waals surface area contributed by atoms with E-state index in [1.165, 1.54) is 24.3 Å². The Morgan fingerprint density at radius 2 is 1.81 bits per heavy atom. The second-order valence-corrected chi connectivity index (χ2v) is 9.17. The molecule has 0 saturated carbocycles. The minimum Gasteiger partial charge on any atom is -0.435 e. The number of ether oxygens (including phenoxy) is 1. The molecule has 2 bridgehead atoms. The van der Waals surface area contributed by atoms with Gasteiger partial charge < -0.3 is 15.2 Å². The highest BCUT2D eigenvalue weighted by atomic mass is 32.2. The van der Waals surface area contributed by atoms with E-state index in [4.69, 9.17) is 0 Å². The van der Waals surface area contributed by atoms with E-state index >= 15 is 0 Å². The fourth-order valence-corrected chi connectivity index (χ4v) is 6.00. The Kier molecular flexibility index (Phi) is 6.35. The third-order valence-corrected chi connectivity index (χ3v) is 7.30. The molecule has 0 aromatic heterocycles. The summed E-state index contributed by atoms with van der Waals surface area (Å²) in [5.74, 6) is -0.0621. The van der Waals surface area contributed by atoms with Crippen molar-refractivity contribution in [3.05, 3.63) is 24.3 Å². The summed E-state index contributed by atoms with van der Waals surface area (Å²) in [4.78, 5) is 0.0986. The SMILES string of the molecule is CC(O)CCNC1CC2CCC(C1)N2S(=O)(=O)c1ccc(OC(F)F)cc1. The van der Waals surface area contributed by atoms with Gasteiger partial charge in [-0.2, -0.15) is 13.1 Å². The zero-order chi connectivity index (χ0) is 19.6. The number of rotatable bonds is 8. The Balaban J connectivity index is 1.67. The Bertz CT molecular complexity index is 713. The van der Waals surface area contributed by atoms with Crippen LogP contribution in [0.2, 0.25) is 0 Å². The van der Waals surface area contributed by atoms with Crippen LogP contribution < -0.4 is 10.1 Å². The van der Waals surface area contributed by atoms with Crippen LogP contribution in [0.3, 0.4) is 0 Å². The van der Waals surface area contributed by atoms with Crippen molar-refractivity contribution in [3.63, 3.8) is 0 Å². The number of alkyl halides is 2. The number of benzene rings is 1. The fraction of sp³-hybridized carbons (Fsp3) is 0.667. The van der Waals surface area contributed by atoms with Crippen molar-refractivity contribution in [1.29, 1.82) is 0 Å². The molecular formula is C18H26F2N2O4S. The second-order valence-electron chi connectivity index (χ2n) is 7.33. The van der Waals surface area contributed by atoms with Crippen LogP contribution in [0, 0.1) is 0 Å². The van der Waals surface area contributed by atoms with Crippen molar-refractivity contribution < 1.29 is 27.0 Å². The molecule has 2 N–H and O–H groups in total. The highest BCUT2D eigenvalue weighted by Crippen LogP contribution is 2.40. The van der Waals surface area contributed by atoms with E-state index in [2.05, 4.69) is 10.1 Å². The molecule has 2 saturated heterocycles. The number of aliphatic hydroxyl groups excluding tert-OH is 1. The molecule has 2 aliphatic rings. The molecule has 3 atom stereocenters. The van der Waals surface area contributed by atoms with Crippen LogP contribution in [0.15, 0.2) is 29.2 Å². The quantitative estimate of drug-likeness (QED) is 0.695. The molecule has 27 heavy (non-hydrogen) atoms. The standard InChI is InChI=1S/C18H26F2N2O4S/c1-12(23)8-9-21-13-10-14-2-3-15(11-13)22(14)27(24,25)17-6-4-16(5-7-17)26-18(19)20/h4-7,12-15,18,21,23H,2-3,8-11H2,1H3. The molecule has 0 amide bonds. The molecule has 9 heteroatoms. The van der Waals surface area contributed by atoms with Crippen molar-refractivity contribution >= 4 is 10.0 Å². The first-order valence-electron chi connectivity index (χ1n) is 9.27. The maximum atomic E-state index is 13.1. The van der Waals surface area contributed by atoms with Gasteiger partial charge in [0.25, 0.3) is 0 Å². The molecule has 2 aliphatic heterocycles. The average molecular weight is 404 g/mol. The Morgan fingerprint density at radius 3 is 2.33 bits per heavy atom. The molecule has 1 aromatic carbocycles. The van der Waals surface area contributed by atoms with Crippen molar-refractivity contribution in [1.82, 2.24) is 9.62 Å². The summed E-state index contributed by atoms with van der Waals surface area (Å²) >= 11 is 0. The van der Waals surface area contributed by atoms with Gasteiger partial charge in [0.05, 0.1) is 11.0 Å². The van der Waals surface area contributed by atoms with Crippen LogP contribution in [-0.4, -0.2) is 55.2 Å². The van der Waals surface area contributed by atoms with Crippen LogP contribution >= 0.6 is 0 Å². The lowest BCUT2D eigenvalue weighted by atomic mass is 9.99. The van der Waals surface area contributed by atoms with Crippen LogP contribution in [0.1, 0.15) is 39.0 Å². The summed E-state index contributed by atoms with van der Waals surface area (Å²) in [6, 6.07) is 5.27. The lowest BCUT2D eigenvalue weighted by Gasteiger charge is -2.38. The Labute approximate surface area is 158 Å². The molecule has 0 radical (unpaired) electrons. The van der Waals surface area contributed by atoms with Crippen molar-refractivity contribution in [2.45, 2.75) is 74.8 Å². The Hall–Kier alpha value is -1.29. The van der Waals surface area contributed by atoms with Crippen molar-refractivity contribution in [2.75, 3.05) is 6.54 Å². The number of hydrogen-bond donors (Lipinski definition) is 2. The molecular weight excluding hydrogens is 378 g/mol. The molecule has 0 aliphatic carbocycles. The predicted molar refractivity (Wildman–Crippen MR) is 96.2 cm³/mol. The van der Waals surface area contributed by atoms with Gasteiger partial charge in [-0.15, -0.1) is 0 Å². The van der Waals surface area contributed by atoms with Gasteiger partial charge in [-0.3, -0.25) is 0 Å². The molecule has 2 heterocycles. The molecule has 3 rings (SSSR count). The number of nitrogens with zero attached hydrogens (tertiary/aromatic N) is 1. The average Bonchev–Trinajstić information content (AvgIpc) is 2.87. The topological polar surface area (TPSA) is 78.9 Å². The van der Waals surface area contributed by atoms with E-state index in [1.807, 2.05) is 0 Å². The van der Waals surface area contributed by atoms with Crippen LogP contribution in [0.25, 0.3) is 0 Å². The molecule has 6 nitrogen and oxygen atoms in total. The summed E-state index contributed by atoms with van der Waals surface area (Å²) in [6.07, 6.45) is 3.44. The van der Waals surface area contributed by atoms with E-state index in [0.717, 1.165) is 25.7 Å². The molecule has 1 aromatic rings. The van der Waals surface area contributed by atoms with Gasteiger partial charge in [-0.05, 0) is 69.8 Å². The third-order valence-electron chi connectivity index (χ3n) is 5.29. The molecule has 0 spiro atoms. The monoisotopic (exact) mass is 404 g/mol. The van der Waals surface area contributed by atoms with E-state index in [9.17, 15) is 22.3 Å². The summed E-state index contributed by atoms with van der Waals surface area (Å²) in [5.41, 5.74) is 0. The maximum Gasteiger partial charge on any atom is 0.387 e. The highest BCUT2D eigenvalue weighted by Gasteiger charge is 2.47. The number of hydrogen-bond acceptors (Lipinski definition) is 5. The first-order chi connectivity index (χ1) is 12.8. The van der Waals surface area contributed by atoms with Crippen LogP contribution in [-0.2, 0) is 10.0 Å². The van der Waals surface area contributed by atoms with Gasteiger partial charge in [0, 0.05) is 18.1 Å². The van der Waals surface area contributed by atoms with Gasteiger partial charge in [0.2, 0.25) is 10.0 Å². The summed E-state index contributed by atoms with van der Waals surface area (Å²) in [6.45, 7) is -0.484. The first-order valence-corrected chi connectivity index (χ1v) is 10.7. The van der Waals surface area contributed by atoms with Gasteiger partial charge in [0.1, 0.15) is 5.75 Å². The summed E-state index contributed by atoms with van der Waals surface area (Å²) < 4.78 is 56.5. The minimum absolute atomic E-state index is 0.0604. The van der Waals surface area contributed by atoms with Gasteiger partial charge in [-0.25, -0.2) is 8.42 Å². The molecule has 2 fully saturated rings. The molecule has 3 unspecified atom stereocenters. The molecule has 152 valence electrons. The number of fused-ring (bicyclic) bond motifs is 2. The first kappa shape index (κ1) is 20.4. The summed E-state index contributed by atoms with van der Waals surface area (Å²) in [7, 11) is -3.68. The number of piperidine rings is 1. The predicted octanol–water partition coefficient (Wildman–Crippen LogP) is 2.33. The minimum atomic E-state index is -3.68. The highest BCUT2D eigenvalue weighted by molar-refractivity contribution is 7.89. The lowest BCUT2D eigenvalue weighted by molar-refractivity contribution is -0.0498. The third kappa shape index (κ3) is 4.77. The fourth-order valence-electron chi connectivity index (χ4n) is 4.10. The van der Waals surface area contributed by atoms with Crippen LogP contribution in [0.4, 0.5) is 8.78 Å².